The van der Waals surface area contributed by atoms with Gasteiger partial charge in [-0.05, 0) is 32.9 Å². The van der Waals surface area contributed by atoms with Gasteiger partial charge in [0.2, 0.25) is 0 Å². The van der Waals surface area contributed by atoms with E-state index in [0.717, 1.165) is 0 Å². The lowest BCUT2D eigenvalue weighted by atomic mass is 10.2. The van der Waals surface area contributed by atoms with E-state index in [4.69, 9.17) is 8.92 Å². The number of hydrogen-bond acceptors (Lipinski definition) is 4. The molecule has 0 N–H and O–H groups in total. The van der Waals surface area contributed by atoms with Gasteiger partial charge in [-0.3, -0.25) is 8.98 Å². The third-order valence-corrected chi connectivity index (χ3v) is 4.18. The molecule has 0 bridgehead atoms. The van der Waals surface area contributed by atoms with Crippen LogP contribution in [0.25, 0.3) is 0 Å². The van der Waals surface area contributed by atoms with Crippen molar-refractivity contribution in [3.63, 3.8) is 0 Å². The first-order chi connectivity index (χ1) is 9.42. The van der Waals surface area contributed by atoms with Crippen LogP contribution in [0.1, 0.15) is 20.8 Å². The molecule has 1 heterocycles. The zero-order chi connectivity index (χ0) is 14.8. The van der Waals surface area contributed by atoms with Crippen molar-refractivity contribution in [1.82, 2.24) is 4.90 Å². The lowest BCUT2D eigenvalue weighted by Gasteiger charge is -2.32. The Morgan fingerprint density at radius 1 is 1.45 bits per heavy atom. The van der Waals surface area contributed by atoms with Crippen LogP contribution in [0.2, 0.25) is 0 Å². The van der Waals surface area contributed by atoms with Gasteiger partial charge in [-0.2, -0.15) is 0 Å². The summed E-state index contributed by atoms with van der Waals surface area (Å²) in [5.74, 6) is -0.218. The Morgan fingerprint density at radius 2 is 2.10 bits per heavy atom. The van der Waals surface area contributed by atoms with Crippen molar-refractivity contribution >= 4 is 17.0 Å². The van der Waals surface area contributed by atoms with Crippen LogP contribution in [0, 0.1) is 0 Å². The summed E-state index contributed by atoms with van der Waals surface area (Å²) >= 11 is -1.63. The largest absolute Gasteiger partial charge is 0.354 e. The second kappa shape index (κ2) is 6.03. The van der Waals surface area contributed by atoms with E-state index in [1.165, 1.54) is 0 Å². The van der Waals surface area contributed by atoms with Gasteiger partial charge in [-0.1, -0.05) is 18.2 Å². The minimum Gasteiger partial charge on any atom is -0.354 e. The monoisotopic (exact) mass is 297 g/mol. The first-order valence-corrected chi connectivity index (χ1v) is 7.55. The number of carbonyl (C=O) groups excluding carboxylic acids is 1. The fourth-order valence-electron chi connectivity index (χ4n) is 2.32. The number of nitrogens with zero attached hydrogens (tertiary/aromatic N) is 1. The summed E-state index contributed by atoms with van der Waals surface area (Å²) in [5, 5.41) is 0. The molecule has 0 radical (unpaired) electrons. The highest BCUT2D eigenvalue weighted by Crippen LogP contribution is 2.27. The summed E-state index contributed by atoms with van der Waals surface area (Å²) in [7, 11) is 0. The first kappa shape index (κ1) is 15.2. The molecule has 110 valence electrons. The lowest BCUT2D eigenvalue weighted by Crippen LogP contribution is -2.48. The molecule has 1 aromatic carbocycles. The summed E-state index contributed by atoms with van der Waals surface area (Å²) in [4.78, 5) is 14.4. The number of amides is 1. The quantitative estimate of drug-likeness (QED) is 0.849. The molecule has 1 aliphatic heterocycles. The van der Waals surface area contributed by atoms with Gasteiger partial charge in [-0.15, -0.1) is 0 Å². The zero-order valence-electron chi connectivity index (χ0n) is 11.9. The molecule has 6 heteroatoms. The zero-order valence-corrected chi connectivity index (χ0v) is 12.7. The molecular formula is C14H19NO4S. The van der Waals surface area contributed by atoms with Crippen LogP contribution in [0.3, 0.4) is 0 Å². The maximum atomic E-state index is 12.2. The van der Waals surface area contributed by atoms with E-state index in [2.05, 4.69) is 0 Å². The molecule has 2 unspecified atom stereocenters. The number of carbonyl (C=O) groups is 1. The highest BCUT2D eigenvalue weighted by molar-refractivity contribution is 7.80. The van der Waals surface area contributed by atoms with Crippen molar-refractivity contribution < 1.29 is 17.9 Å². The second-order valence-corrected chi connectivity index (χ2v) is 6.36. The molecule has 0 aliphatic carbocycles. The van der Waals surface area contributed by atoms with Gasteiger partial charge in [0.05, 0.1) is 17.5 Å². The van der Waals surface area contributed by atoms with Crippen molar-refractivity contribution in [3.8, 4) is 0 Å². The molecule has 0 spiro atoms. The molecule has 1 aromatic rings. The van der Waals surface area contributed by atoms with E-state index < -0.39 is 16.8 Å². The minimum atomic E-state index is -1.63. The van der Waals surface area contributed by atoms with Crippen LogP contribution in [0.5, 0.6) is 0 Å². The van der Waals surface area contributed by atoms with Crippen LogP contribution in [-0.2, 0) is 24.8 Å². The van der Waals surface area contributed by atoms with Gasteiger partial charge in [-0.25, -0.2) is 4.21 Å². The summed E-state index contributed by atoms with van der Waals surface area (Å²) < 4.78 is 22.6. The van der Waals surface area contributed by atoms with Crippen molar-refractivity contribution in [2.45, 2.75) is 37.4 Å². The Bertz CT molecular complexity index is 503. The number of rotatable bonds is 4. The van der Waals surface area contributed by atoms with Crippen molar-refractivity contribution in [1.29, 1.82) is 0 Å². The Kier molecular flexibility index (Phi) is 4.57. The fourth-order valence-corrected chi connectivity index (χ4v) is 3.04. The van der Waals surface area contributed by atoms with Gasteiger partial charge >= 0.3 is 0 Å². The smallest absolute Gasteiger partial charge is 0.252 e. The van der Waals surface area contributed by atoms with Crippen LogP contribution < -0.4 is 0 Å². The third-order valence-electron chi connectivity index (χ3n) is 3.19. The predicted molar refractivity (Wildman–Crippen MR) is 75.1 cm³/mol. The van der Waals surface area contributed by atoms with Crippen LogP contribution in [-0.4, -0.2) is 40.0 Å². The van der Waals surface area contributed by atoms with E-state index in [0.29, 0.717) is 11.5 Å². The topological polar surface area (TPSA) is 55.8 Å². The van der Waals surface area contributed by atoms with Crippen molar-refractivity contribution in [2.75, 3.05) is 13.2 Å². The van der Waals surface area contributed by atoms with Crippen LogP contribution in [0.15, 0.2) is 35.2 Å². The van der Waals surface area contributed by atoms with E-state index >= 15 is 0 Å². The molecule has 0 saturated carbocycles. The Labute approximate surface area is 121 Å². The van der Waals surface area contributed by atoms with Gasteiger partial charge < -0.3 is 9.64 Å². The Hall–Kier alpha value is -1.24. The summed E-state index contributed by atoms with van der Waals surface area (Å²) in [5.41, 5.74) is -0.645. The molecular weight excluding hydrogens is 278 g/mol. The third kappa shape index (κ3) is 3.26. The van der Waals surface area contributed by atoms with Gasteiger partial charge in [0.15, 0.2) is 11.1 Å². The molecule has 1 fully saturated rings. The van der Waals surface area contributed by atoms with Crippen molar-refractivity contribution in [3.05, 3.63) is 30.3 Å². The summed E-state index contributed by atoms with van der Waals surface area (Å²) in [6.07, 6.45) is 0. The molecule has 0 aromatic heterocycles. The highest BCUT2D eigenvalue weighted by atomic mass is 32.2. The highest BCUT2D eigenvalue weighted by Gasteiger charge is 2.41. The van der Waals surface area contributed by atoms with E-state index in [1.807, 2.05) is 26.8 Å². The average Bonchev–Trinajstić information content (AvgIpc) is 2.70. The Balaban J connectivity index is 1.94. The average molecular weight is 297 g/mol. The van der Waals surface area contributed by atoms with Crippen LogP contribution in [0.4, 0.5) is 0 Å². The van der Waals surface area contributed by atoms with Gasteiger partial charge in [0.1, 0.15) is 12.3 Å². The van der Waals surface area contributed by atoms with Crippen LogP contribution >= 0.6 is 0 Å². The first-order valence-electron chi connectivity index (χ1n) is 6.48. The standard InChI is InChI=1S/C14H19NO4S/c1-11-9-18-14(2,3)15(11)13(16)10-19-20(17)12-7-5-4-6-8-12/h4-8,11H,9-10H2,1-3H3. The maximum absolute atomic E-state index is 12.2. The van der Waals surface area contributed by atoms with E-state index in [9.17, 15) is 9.00 Å². The SMILES string of the molecule is CC1COC(C)(C)N1C(=O)COS(=O)c1ccccc1. The van der Waals surface area contributed by atoms with Gasteiger partial charge in [0, 0.05) is 0 Å². The minimum absolute atomic E-state index is 0.00809. The number of benzene rings is 1. The normalized spacial score (nSPS) is 22.8. The van der Waals surface area contributed by atoms with Gasteiger partial charge in [0.25, 0.3) is 5.91 Å². The predicted octanol–water partition coefficient (Wildman–Crippen LogP) is 1.71. The fraction of sp³-hybridized carbons (Fsp3) is 0.500. The van der Waals surface area contributed by atoms with E-state index in [1.54, 1.807) is 29.2 Å². The molecule has 2 atom stereocenters. The second-order valence-electron chi connectivity index (χ2n) is 5.18. The number of ether oxygens (including phenoxy) is 1. The molecule has 1 amide bonds. The molecule has 5 nitrogen and oxygen atoms in total. The van der Waals surface area contributed by atoms with Crippen molar-refractivity contribution in [2.24, 2.45) is 0 Å². The Morgan fingerprint density at radius 3 is 2.65 bits per heavy atom. The molecule has 1 saturated heterocycles. The number of hydrogen-bond donors (Lipinski definition) is 0. The summed E-state index contributed by atoms with van der Waals surface area (Å²) in [6.45, 7) is 5.87. The molecule has 2 rings (SSSR count). The summed E-state index contributed by atoms with van der Waals surface area (Å²) in [6, 6.07) is 8.78. The van der Waals surface area contributed by atoms with E-state index in [-0.39, 0.29) is 18.6 Å². The molecule has 20 heavy (non-hydrogen) atoms. The maximum Gasteiger partial charge on any atom is 0.252 e. The lowest BCUT2D eigenvalue weighted by molar-refractivity contribution is -0.147. The molecule has 1 aliphatic rings.